The molecule has 0 saturated carbocycles. The summed E-state index contributed by atoms with van der Waals surface area (Å²) in [5, 5.41) is 2.53. The number of carbonyl (C=O) groups excluding carboxylic acids is 1. The van der Waals surface area contributed by atoms with Gasteiger partial charge in [-0.2, -0.15) is 0 Å². The zero-order chi connectivity index (χ0) is 14.3. The summed E-state index contributed by atoms with van der Waals surface area (Å²) in [5.74, 6) is -0.860. The molecule has 1 rings (SSSR count). The van der Waals surface area contributed by atoms with Crippen molar-refractivity contribution in [3.63, 3.8) is 0 Å². The molecule has 1 aromatic rings. The molecule has 1 N–H and O–H groups in total. The molecule has 5 nitrogen and oxygen atoms in total. The SMILES string of the molecule is C=CCS(=O)(=O)CC(=O)Nc1ccccc1OCC. The summed E-state index contributed by atoms with van der Waals surface area (Å²) in [5.41, 5.74) is 0.461. The van der Waals surface area contributed by atoms with Crippen molar-refractivity contribution in [2.24, 2.45) is 0 Å². The molecule has 0 aliphatic carbocycles. The molecule has 0 saturated heterocycles. The Morgan fingerprint density at radius 3 is 2.74 bits per heavy atom. The van der Waals surface area contributed by atoms with Crippen molar-refractivity contribution < 1.29 is 17.9 Å². The first kappa shape index (κ1) is 15.2. The minimum absolute atomic E-state index is 0.215. The summed E-state index contributed by atoms with van der Waals surface area (Å²) in [6, 6.07) is 6.87. The van der Waals surface area contributed by atoms with Gasteiger partial charge in [0.15, 0.2) is 9.84 Å². The lowest BCUT2D eigenvalue weighted by molar-refractivity contribution is -0.113. The monoisotopic (exact) mass is 283 g/mol. The Morgan fingerprint density at radius 2 is 2.11 bits per heavy atom. The normalized spacial score (nSPS) is 10.8. The van der Waals surface area contributed by atoms with E-state index in [2.05, 4.69) is 11.9 Å². The largest absolute Gasteiger partial charge is 0.492 e. The van der Waals surface area contributed by atoms with Crippen LogP contribution in [0.3, 0.4) is 0 Å². The number of anilines is 1. The van der Waals surface area contributed by atoms with Crippen LogP contribution in [0.15, 0.2) is 36.9 Å². The molecule has 0 atom stereocenters. The number of hydrogen-bond donors (Lipinski definition) is 1. The number of rotatable bonds is 7. The molecule has 0 spiro atoms. The van der Waals surface area contributed by atoms with Crippen molar-refractivity contribution >= 4 is 21.4 Å². The second kappa shape index (κ2) is 6.94. The maximum absolute atomic E-state index is 11.7. The van der Waals surface area contributed by atoms with Gasteiger partial charge in [-0.05, 0) is 19.1 Å². The summed E-state index contributed by atoms with van der Waals surface area (Å²) in [4.78, 5) is 11.7. The van der Waals surface area contributed by atoms with Crippen molar-refractivity contribution in [1.29, 1.82) is 0 Å². The summed E-state index contributed by atoms with van der Waals surface area (Å²) in [6.45, 7) is 5.63. The van der Waals surface area contributed by atoms with E-state index in [1.807, 2.05) is 6.92 Å². The minimum atomic E-state index is -3.45. The number of amides is 1. The summed E-state index contributed by atoms with van der Waals surface area (Å²) >= 11 is 0. The van der Waals surface area contributed by atoms with Crippen molar-refractivity contribution in [2.45, 2.75) is 6.92 Å². The molecular weight excluding hydrogens is 266 g/mol. The Balaban J connectivity index is 2.75. The van der Waals surface area contributed by atoms with Crippen LogP contribution in [0.4, 0.5) is 5.69 Å². The third-order valence-electron chi connectivity index (χ3n) is 2.18. The zero-order valence-corrected chi connectivity index (χ0v) is 11.6. The molecule has 19 heavy (non-hydrogen) atoms. The van der Waals surface area contributed by atoms with Crippen LogP contribution in [-0.4, -0.2) is 32.4 Å². The van der Waals surface area contributed by atoms with E-state index in [9.17, 15) is 13.2 Å². The topological polar surface area (TPSA) is 72.5 Å². The molecule has 0 bridgehead atoms. The smallest absolute Gasteiger partial charge is 0.239 e. The van der Waals surface area contributed by atoms with Crippen LogP contribution < -0.4 is 10.1 Å². The van der Waals surface area contributed by atoms with Gasteiger partial charge in [-0.25, -0.2) is 8.42 Å². The van der Waals surface area contributed by atoms with Gasteiger partial charge in [-0.15, -0.1) is 6.58 Å². The maximum Gasteiger partial charge on any atom is 0.239 e. The molecule has 0 aromatic heterocycles. The molecule has 0 aliphatic rings. The lowest BCUT2D eigenvalue weighted by atomic mass is 10.3. The molecule has 0 aliphatic heterocycles. The van der Waals surface area contributed by atoms with Crippen LogP contribution in [0.5, 0.6) is 5.75 Å². The van der Waals surface area contributed by atoms with Crippen LogP contribution in [0, 0.1) is 0 Å². The van der Waals surface area contributed by atoms with Crippen LogP contribution in [-0.2, 0) is 14.6 Å². The molecule has 0 radical (unpaired) electrons. The quantitative estimate of drug-likeness (QED) is 0.772. The van der Waals surface area contributed by atoms with Crippen LogP contribution in [0.2, 0.25) is 0 Å². The fourth-order valence-electron chi connectivity index (χ4n) is 1.48. The first-order valence-electron chi connectivity index (χ1n) is 5.81. The second-order valence-electron chi connectivity index (χ2n) is 3.82. The van der Waals surface area contributed by atoms with Crippen LogP contribution >= 0.6 is 0 Å². The number of sulfone groups is 1. The average molecular weight is 283 g/mol. The van der Waals surface area contributed by atoms with Crippen molar-refractivity contribution in [3.8, 4) is 5.75 Å². The third-order valence-corrected chi connectivity index (χ3v) is 3.63. The predicted molar refractivity (Wildman–Crippen MR) is 75.1 cm³/mol. The summed E-state index contributed by atoms with van der Waals surface area (Å²) < 4.78 is 28.3. The molecule has 6 heteroatoms. The average Bonchev–Trinajstić information content (AvgIpc) is 2.31. The van der Waals surface area contributed by atoms with Gasteiger partial charge in [0.2, 0.25) is 5.91 Å². The lowest BCUT2D eigenvalue weighted by Crippen LogP contribution is -2.24. The highest BCUT2D eigenvalue weighted by Gasteiger charge is 2.16. The minimum Gasteiger partial charge on any atom is -0.492 e. The fourth-order valence-corrected chi connectivity index (χ4v) is 2.42. The van der Waals surface area contributed by atoms with E-state index in [1.165, 1.54) is 6.08 Å². The number of carbonyl (C=O) groups is 1. The van der Waals surface area contributed by atoms with Gasteiger partial charge < -0.3 is 10.1 Å². The Kier molecular flexibility index (Phi) is 5.57. The van der Waals surface area contributed by atoms with Gasteiger partial charge in [-0.1, -0.05) is 18.2 Å². The Labute approximate surface area is 113 Å². The summed E-state index contributed by atoms with van der Waals surface area (Å²) in [7, 11) is -3.45. The van der Waals surface area contributed by atoms with Gasteiger partial charge in [0, 0.05) is 0 Å². The van der Waals surface area contributed by atoms with E-state index < -0.39 is 21.5 Å². The predicted octanol–water partition coefficient (Wildman–Crippen LogP) is 1.62. The van der Waals surface area contributed by atoms with Crippen LogP contribution in [0.1, 0.15) is 6.92 Å². The maximum atomic E-state index is 11.7. The van der Waals surface area contributed by atoms with Gasteiger partial charge >= 0.3 is 0 Å². The molecule has 0 unspecified atom stereocenters. The first-order valence-corrected chi connectivity index (χ1v) is 7.63. The van der Waals surface area contributed by atoms with E-state index in [-0.39, 0.29) is 5.75 Å². The second-order valence-corrected chi connectivity index (χ2v) is 5.93. The number of para-hydroxylation sites is 2. The van der Waals surface area contributed by atoms with Crippen LogP contribution in [0.25, 0.3) is 0 Å². The number of hydrogen-bond acceptors (Lipinski definition) is 4. The number of ether oxygens (including phenoxy) is 1. The van der Waals surface area contributed by atoms with Gasteiger partial charge in [0.25, 0.3) is 0 Å². The highest BCUT2D eigenvalue weighted by Crippen LogP contribution is 2.23. The van der Waals surface area contributed by atoms with Crippen molar-refractivity contribution in [2.75, 3.05) is 23.4 Å². The van der Waals surface area contributed by atoms with E-state index in [1.54, 1.807) is 24.3 Å². The van der Waals surface area contributed by atoms with E-state index in [0.29, 0.717) is 18.0 Å². The van der Waals surface area contributed by atoms with E-state index in [0.717, 1.165) is 0 Å². The first-order chi connectivity index (χ1) is 8.98. The third kappa shape index (κ3) is 5.13. The standard InChI is InChI=1S/C13H17NO4S/c1-3-9-19(16,17)10-13(15)14-11-7-5-6-8-12(11)18-4-2/h3,5-8H,1,4,9-10H2,2H3,(H,14,15). The van der Waals surface area contributed by atoms with E-state index >= 15 is 0 Å². The molecular formula is C13H17NO4S. The molecule has 0 fully saturated rings. The molecule has 104 valence electrons. The van der Waals surface area contributed by atoms with Gasteiger partial charge in [-0.3, -0.25) is 4.79 Å². The van der Waals surface area contributed by atoms with E-state index in [4.69, 9.17) is 4.74 Å². The Hall–Kier alpha value is -1.82. The highest BCUT2D eigenvalue weighted by molar-refractivity contribution is 7.92. The number of benzene rings is 1. The fraction of sp³-hybridized carbons (Fsp3) is 0.308. The number of nitrogens with one attached hydrogen (secondary N) is 1. The molecule has 1 amide bonds. The summed E-state index contributed by atoms with van der Waals surface area (Å²) in [6.07, 6.45) is 1.26. The highest BCUT2D eigenvalue weighted by atomic mass is 32.2. The molecule has 0 heterocycles. The van der Waals surface area contributed by atoms with Crippen molar-refractivity contribution in [3.05, 3.63) is 36.9 Å². The Morgan fingerprint density at radius 1 is 1.42 bits per heavy atom. The zero-order valence-electron chi connectivity index (χ0n) is 10.8. The lowest BCUT2D eigenvalue weighted by Gasteiger charge is -2.11. The van der Waals surface area contributed by atoms with Gasteiger partial charge in [0.05, 0.1) is 18.0 Å². The van der Waals surface area contributed by atoms with Crippen molar-refractivity contribution in [1.82, 2.24) is 0 Å². The van der Waals surface area contributed by atoms with Gasteiger partial charge in [0.1, 0.15) is 11.5 Å². The molecule has 1 aromatic carbocycles. The Bertz CT molecular complexity index is 552.